The Labute approximate surface area is 115 Å². The van der Waals surface area contributed by atoms with Crippen molar-refractivity contribution >= 4 is 11.8 Å². The van der Waals surface area contributed by atoms with E-state index >= 15 is 0 Å². The van der Waals surface area contributed by atoms with Crippen LogP contribution in [0.4, 0.5) is 24.9 Å². The third kappa shape index (κ3) is 3.72. The van der Waals surface area contributed by atoms with E-state index in [9.17, 15) is 13.2 Å². The summed E-state index contributed by atoms with van der Waals surface area (Å²) < 4.78 is 43.8. The average Bonchev–Trinajstić information content (AvgIpc) is 2.88. The largest absolute Gasteiger partial charge is 0.433 e. The van der Waals surface area contributed by atoms with Gasteiger partial charge in [-0.2, -0.15) is 18.2 Å². The summed E-state index contributed by atoms with van der Waals surface area (Å²) in [6, 6.07) is 0.928. The minimum absolute atomic E-state index is 0.0101. The summed E-state index contributed by atoms with van der Waals surface area (Å²) in [6.45, 7) is 1.10. The van der Waals surface area contributed by atoms with Crippen molar-refractivity contribution in [2.45, 2.75) is 25.1 Å². The number of ether oxygens (including phenoxy) is 1. The molecule has 20 heavy (non-hydrogen) atoms. The van der Waals surface area contributed by atoms with E-state index in [1.807, 2.05) is 0 Å². The highest BCUT2D eigenvalue weighted by Crippen LogP contribution is 2.30. The van der Waals surface area contributed by atoms with Crippen LogP contribution in [0.15, 0.2) is 6.07 Å². The van der Waals surface area contributed by atoms with Crippen molar-refractivity contribution in [3.63, 3.8) is 0 Å². The van der Waals surface area contributed by atoms with Gasteiger partial charge in [-0.05, 0) is 12.8 Å². The monoisotopic (exact) mass is 290 g/mol. The van der Waals surface area contributed by atoms with Gasteiger partial charge in [0.15, 0.2) is 5.69 Å². The van der Waals surface area contributed by atoms with E-state index in [-0.39, 0.29) is 17.9 Å². The lowest BCUT2D eigenvalue weighted by molar-refractivity contribution is -0.141. The lowest BCUT2D eigenvalue weighted by atomic mass is 10.2. The number of halogens is 3. The first-order chi connectivity index (χ1) is 9.36. The standard InChI is InChI=1S/C12H17F3N4O/c1-19(2)10-6-9(12(13,14)15)17-11(18-10)16-7-8-4-3-5-20-8/h6,8H,3-5,7H2,1-2H3,(H,16,17,18). The lowest BCUT2D eigenvalue weighted by Crippen LogP contribution is -2.22. The summed E-state index contributed by atoms with van der Waals surface area (Å²) in [6.07, 6.45) is -2.62. The van der Waals surface area contributed by atoms with Crippen LogP contribution in [0.3, 0.4) is 0 Å². The summed E-state index contributed by atoms with van der Waals surface area (Å²) in [5.41, 5.74) is -0.953. The van der Waals surface area contributed by atoms with Crippen LogP contribution in [-0.2, 0) is 10.9 Å². The highest BCUT2D eigenvalue weighted by atomic mass is 19.4. The fourth-order valence-electron chi connectivity index (χ4n) is 1.90. The smallest absolute Gasteiger partial charge is 0.376 e. The molecule has 1 aromatic heterocycles. The molecular weight excluding hydrogens is 273 g/mol. The van der Waals surface area contributed by atoms with Crippen LogP contribution in [0.2, 0.25) is 0 Å². The molecule has 1 atom stereocenters. The maximum absolute atomic E-state index is 12.8. The van der Waals surface area contributed by atoms with Gasteiger partial charge in [0.2, 0.25) is 5.95 Å². The van der Waals surface area contributed by atoms with Crippen LogP contribution in [0, 0.1) is 0 Å². The molecule has 8 heteroatoms. The van der Waals surface area contributed by atoms with Crippen molar-refractivity contribution in [3.05, 3.63) is 11.8 Å². The van der Waals surface area contributed by atoms with Crippen molar-refractivity contribution in [1.29, 1.82) is 0 Å². The summed E-state index contributed by atoms with van der Waals surface area (Å²) in [5.74, 6) is 0.182. The molecule has 0 amide bonds. The predicted octanol–water partition coefficient (Wildman–Crippen LogP) is 2.15. The minimum atomic E-state index is -4.49. The average molecular weight is 290 g/mol. The molecule has 5 nitrogen and oxygen atoms in total. The van der Waals surface area contributed by atoms with Gasteiger partial charge in [0.05, 0.1) is 6.10 Å². The Morgan fingerprint density at radius 2 is 2.15 bits per heavy atom. The molecule has 1 aliphatic heterocycles. The van der Waals surface area contributed by atoms with Gasteiger partial charge in [0, 0.05) is 33.3 Å². The van der Waals surface area contributed by atoms with Crippen LogP contribution in [0.1, 0.15) is 18.5 Å². The summed E-state index contributed by atoms with van der Waals surface area (Å²) in [7, 11) is 3.26. The third-order valence-electron chi connectivity index (χ3n) is 2.97. The SMILES string of the molecule is CN(C)c1cc(C(F)(F)F)nc(NCC2CCCO2)n1. The van der Waals surface area contributed by atoms with Gasteiger partial charge < -0.3 is 15.0 Å². The molecule has 1 aliphatic rings. The van der Waals surface area contributed by atoms with Gasteiger partial charge in [-0.1, -0.05) is 0 Å². The van der Waals surface area contributed by atoms with E-state index in [4.69, 9.17) is 4.74 Å². The van der Waals surface area contributed by atoms with E-state index < -0.39 is 11.9 Å². The highest BCUT2D eigenvalue weighted by molar-refractivity contribution is 5.44. The zero-order valence-electron chi connectivity index (χ0n) is 11.4. The van der Waals surface area contributed by atoms with E-state index in [1.54, 1.807) is 14.1 Å². The number of alkyl halides is 3. The van der Waals surface area contributed by atoms with Gasteiger partial charge in [0.25, 0.3) is 0 Å². The Hall–Kier alpha value is -1.57. The number of nitrogens with one attached hydrogen (secondary N) is 1. The molecule has 112 valence electrons. The van der Waals surface area contributed by atoms with Crippen LogP contribution in [0.25, 0.3) is 0 Å². The van der Waals surface area contributed by atoms with E-state index in [0.717, 1.165) is 18.9 Å². The number of nitrogens with zero attached hydrogens (tertiary/aromatic N) is 3. The number of anilines is 2. The zero-order valence-corrected chi connectivity index (χ0v) is 11.4. The van der Waals surface area contributed by atoms with Crippen molar-refractivity contribution < 1.29 is 17.9 Å². The molecule has 2 heterocycles. The molecule has 1 aromatic rings. The molecule has 0 aliphatic carbocycles. The first-order valence-corrected chi connectivity index (χ1v) is 6.35. The fourth-order valence-corrected chi connectivity index (χ4v) is 1.90. The predicted molar refractivity (Wildman–Crippen MR) is 68.8 cm³/mol. The summed E-state index contributed by atoms with van der Waals surface area (Å²) >= 11 is 0. The first-order valence-electron chi connectivity index (χ1n) is 6.35. The Morgan fingerprint density at radius 3 is 2.70 bits per heavy atom. The Bertz CT molecular complexity index is 459. The molecule has 1 saturated heterocycles. The molecule has 1 unspecified atom stereocenters. The highest BCUT2D eigenvalue weighted by Gasteiger charge is 2.34. The quantitative estimate of drug-likeness (QED) is 0.921. The Morgan fingerprint density at radius 1 is 1.40 bits per heavy atom. The van der Waals surface area contributed by atoms with E-state index in [2.05, 4.69) is 15.3 Å². The maximum Gasteiger partial charge on any atom is 0.433 e. The normalized spacial score (nSPS) is 19.1. The number of hydrogen-bond acceptors (Lipinski definition) is 5. The van der Waals surface area contributed by atoms with Crippen LogP contribution in [0.5, 0.6) is 0 Å². The van der Waals surface area contributed by atoms with Gasteiger partial charge in [-0.15, -0.1) is 0 Å². The molecule has 2 rings (SSSR count). The molecular formula is C12H17F3N4O. The molecule has 1 N–H and O–H groups in total. The third-order valence-corrected chi connectivity index (χ3v) is 2.97. The minimum Gasteiger partial charge on any atom is -0.376 e. The van der Waals surface area contributed by atoms with Crippen LogP contribution >= 0.6 is 0 Å². The summed E-state index contributed by atoms with van der Waals surface area (Å²) in [4.78, 5) is 9.08. The number of rotatable bonds is 4. The second kappa shape index (κ2) is 5.82. The fraction of sp³-hybridized carbons (Fsp3) is 0.667. The van der Waals surface area contributed by atoms with Crippen molar-refractivity contribution in [3.8, 4) is 0 Å². The molecule has 1 fully saturated rings. The zero-order chi connectivity index (χ0) is 14.8. The molecule has 0 spiro atoms. The van der Waals surface area contributed by atoms with Crippen molar-refractivity contribution in [2.75, 3.05) is 37.5 Å². The second-order valence-corrected chi connectivity index (χ2v) is 4.84. The van der Waals surface area contributed by atoms with E-state index in [1.165, 1.54) is 4.90 Å². The Kier molecular flexibility index (Phi) is 4.32. The van der Waals surface area contributed by atoms with E-state index in [0.29, 0.717) is 13.2 Å². The molecule has 0 aromatic carbocycles. The topological polar surface area (TPSA) is 50.3 Å². The number of aromatic nitrogens is 2. The van der Waals surface area contributed by atoms with Gasteiger partial charge in [0.1, 0.15) is 5.82 Å². The van der Waals surface area contributed by atoms with Crippen LogP contribution < -0.4 is 10.2 Å². The molecule has 0 bridgehead atoms. The molecule has 0 saturated carbocycles. The van der Waals surface area contributed by atoms with Gasteiger partial charge in [-0.25, -0.2) is 4.98 Å². The van der Waals surface area contributed by atoms with Crippen LogP contribution in [-0.4, -0.2) is 43.3 Å². The lowest BCUT2D eigenvalue weighted by Gasteiger charge is -2.17. The maximum atomic E-state index is 12.8. The molecule has 0 radical (unpaired) electrons. The van der Waals surface area contributed by atoms with Crippen molar-refractivity contribution in [2.24, 2.45) is 0 Å². The Balaban J connectivity index is 2.15. The summed E-state index contributed by atoms with van der Waals surface area (Å²) in [5, 5.41) is 2.82. The van der Waals surface area contributed by atoms with Gasteiger partial charge >= 0.3 is 6.18 Å². The van der Waals surface area contributed by atoms with Crippen molar-refractivity contribution in [1.82, 2.24) is 9.97 Å². The van der Waals surface area contributed by atoms with Gasteiger partial charge in [-0.3, -0.25) is 0 Å². The first kappa shape index (κ1) is 14.8. The second-order valence-electron chi connectivity index (χ2n) is 4.84. The number of hydrogen-bond donors (Lipinski definition) is 1.